The molecule has 2 aromatic rings. The minimum atomic E-state index is -4.05. The van der Waals surface area contributed by atoms with Crippen LogP contribution in [0.1, 0.15) is 12.8 Å². The van der Waals surface area contributed by atoms with Gasteiger partial charge in [0.2, 0.25) is 11.8 Å². The predicted octanol–water partition coefficient (Wildman–Crippen LogP) is 1.72. The van der Waals surface area contributed by atoms with E-state index in [1.165, 1.54) is 12.1 Å². The van der Waals surface area contributed by atoms with Crippen molar-refractivity contribution in [1.29, 1.82) is 0 Å². The molecule has 2 fully saturated rings. The van der Waals surface area contributed by atoms with E-state index < -0.39 is 22.0 Å². The molecule has 0 unspecified atom stereocenters. The van der Waals surface area contributed by atoms with E-state index in [1.807, 2.05) is 30.3 Å². The average Bonchev–Trinajstić information content (AvgIpc) is 3.17. The van der Waals surface area contributed by atoms with Crippen LogP contribution in [0.15, 0.2) is 65.6 Å². The Kier molecular flexibility index (Phi) is 5.27. The third kappa shape index (κ3) is 3.72. The summed E-state index contributed by atoms with van der Waals surface area (Å²) in [7, 11) is -4.05. The zero-order valence-electron chi connectivity index (χ0n) is 16.0. The molecule has 0 N–H and O–H groups in total. The van der Waals surface area contributed by atoms with Gasteiger partial charge in [0, 0.05) is 38.3 Å². The molecule has 0 saturated carbocycles. The van der Waals surface area contributed by atoms with Crippen molar-refractivity contribution in [2.24, 2.45) is 0 Å². The first-order valence-electron chi connectivity index (χ1n) is 9.69. The zero-order valence-corrected chi connectivity index (χ0v) is 16.8. The van der Waals surface area contributed by atoms with Gasteiger partial charge in [-0.05, 0) is 30.7 Å². The number of para-hydroxylation sites is 1. The smallest absolute Gasteiger partial charge is 0.267 e. The maximum atomic E-state index is 13.1. The van der Waals surface area contributed by atoms with Crippen molar-refractivity contribution in [3.05, 3.63) is 60.7 Å². The number of sulfonamides is 1. The summed E-state index contributed by atoms with van der Waals surface area (Å²) in [5.74, 6) is -0.807. The quantitative estimate of drug-likeness (QED) is 0.763. The fourth-order valence-corrected chi connectivity index (χ4v) is 5.55. The average molecular weight is 413 g/mol. The van der Waals surface area contributed by atoms with Crippen LogP contribution in [-0.4, -0.2) is 61.7 Å². The van der Waals surface area contributed by atoms with Crippen molar-refractivity contribution in [3.63, 3.8) is 0 Å². The predicted molar refractivity (Wildman–Crippen MR) is 109 cm³/mol. The number of benzene rings is 2. The summed E-state index contributed by atoms with van der Waals surface area (Å²) in [6.45, 7) is 2.33. The lowest BCUT2D eigenvalue weighted by molar-refractivity contribution is -0.138. The van der Waals surface area contributed by atoms with Crippen molar-refractivity contribution in [3.8, 4) is 0 Å². The molecule has 0 aromatic heterocycles. The topological polar surface area (TPSA) is 78.0 Å². The Balaban J connectivity index is 1.49. The van der Waals surface area contributed by atoms with E-state index in [0.717, 1.165) is 9.99 Å². The van der Waals surface area contributed by atoms with Gasteiger partial charge in [-0.2, -0.15) is 0 Å². The minimum Gasteiger partial charge on any atom is -0.368 e. The normalized spacial score (nSPS) is 20.2. The van der Waals surface area contributed by atoms with Crippen LogP contribution < -0.4 is 4.90 Å². The highest BCUT2D eigenvalue weighted by molar-refractivity contribution is 7.89. The van der Waals surface area contributed by atoms with Crippen molar-refractivity contribution in [1.82, 2.24) is 9.21 Å². The van der Waals surface area contributed by atoms with Gasteiger partial charge in [-0.1, -0.05) is 36.4 Å². The molecule has 4 rings (SSSR count). The number of amides is 2. The molecule has 0 bridgehead atoms. The van der Waals surface area contributed by atoms with Crippen LogP contribution in [-0.2, 0) is 19.6 Å². The third-order valence-electron chi connectivity index (χ3n) is 5.46. The second kappa shape index (κ2) is 7.87. The maximum Gasteiger partial charge on any atom is 0.267 e. The highest BCUT2D eigenvalue weighted by atomic mass is 32.2. The van der Waals surface area contributed by atoms with Gasteiger partial charge < -0.3 is 9.80 Å². The Morgan fingerprint density at radius 1 is 0.862 bits per heavy atom. The molecule has 152 valence electrons. The fraction of sp³-hybridized carbons (Fsp3) is 0.333. The van der Waals surface area contributed by atoms with Gasteiger partial charge in [-0.3, -0.25) is 9.59 Å². The molecule has 1 atom stereocenters. The molecule has 2 amide bonds. The molecular formula is C21H23N3O4S. The van der Waals surface area contributed by atoms with Crippen molar-refractivity contribution in [2.45, 2.75) is 23.8 Å². The summed E-state index contributed by atoms with van der Waals surface area (Å²) in [6.07, 6.45) is 0.287. The van der Waals surface area contributed by atoms with Gasteiger partial charge in [-0.15, -0.1) is 0 Å². The van der Waals surface area contributed by atoms with Crippen LogP contribution >= 0.6 is 0 Å². The molecule has 2 aliphatic rings. The van der Waals surface area contributed by atoms with E-state index in [-0.39, 0.29) is 23.6 Å². The molecule has 8 heteroatoms. The Morgan fingerprint density at radius 2 is 1.45 bits per heavy atom. The summed E-state index contributed by atoms with van der Waals surface area (Å²) in [4.78, 5) is 29.4. The van der Waals surface area contributed by atoms with E-state index >= 15 is 0 Å². The first-order valence-corrected chi connectivity index (χ1v) is 11.1. The number of carbonyl (C=O) groups excluding carboxylic acids is 2. The second-order valence-electron chi connectivity index (χ2n) is 7.21. The van der Waals surface area contributed by atoms with E-state index in [9.17, 15) is 18.0 Å². The highest BCUT2D eigenvalue weighted by Crippen LogP contribution is 2.29. The van der Waals surface area contributed by atoms with Crippen LogP contribution in [0.5, 0.6) is 0 Å². The number of piperazine rings is 1. The van der Waals surface area contributed by atoms with Crippen LogP contribution in [0.3, 0.4) is 0 Å². The summed E-state index contributed by atoms with van der Waals surface area (Å²) >= 11 is 0. The van der Waals surface area contributed by atoms with Gasteiger partial charge >= 0.3 is 0 Å². The minimum absolute atomic E-state index is 0.0296. The van der Waals surface area contributed by atoms with Gasteiger partial charge in [0.1, 0.15) is 6.04 Å². The molecule has 2 aliphatic heterocycles. The Bertz CT molecular complexity index is 987. The Labute approximate surface area is 170 Å². The lowest BCUT2D eigenvalue weighted by Gasteiger charge is -2.38. The molecular weight excluding hydrogens is 390 g/mol. The maximum absolute atomic E-state index is 13.1. The Hall–Kier alpha value is -2.87. The first-order chi connectivity index (χ1) is 14.0. The largest absolute Gasteiger partial charge is 0.368 e. The zero-order chi connectivity index (χ0) is 20.4. The summed E-state index contributed by atoms with van der Waals surface area (Å²) in [5, 5.41) is 0. The number of anilines is 1. The third-order valence-corrected chi connectivity index (χ3v) is 7.30. The lowest BCUT2D eigenvalue weighted by atomic mass is 10.1. The van der Waals surface area contributed by atoms with Crippen molar-refractivity contribution >= 4 is 27.5 Å². The van der Waals surface area contributed by atoms with Gasteiger partial charge in [0.15, 0.2) is 0 Å². The van der Waals surface area contributed by atoms with Crippen LogP contribution in [0.2, 0.25) is 0 Å². The monoisotopic (exact) mass is 413 g/mol. The second-order valence-corrected chi connectivity index (χ2v) is 9.02. The van der Waals surface area contributed by atoms with Crippen molar-refractivity contribution < 1.29 is 18.0 Å². The van der Waals surface area contributed by atoms with Crippen LogP contribution in [0.25, 0.3) is 0 Å². The number of hydrogen-bond donors (Lipinski definition) is 0. The molecule has 2 heterocycles. The van der Waals surface area contributed by atoms with Crippen LogP contribution in [0, 0.1) is 0 Å². The summed E-state index contributed by atoms with van der Waals surface area (Å²) in [5.41, 5.74) is 1.10. The molecule has 2 saturated heterocycles. The highest BCUT2D eigenvalue weighted by Gasteiger charge is 2.45. The summed E-state index contributed by atoms with van der Waals surface area (Å²) < 4.78 is 26.8. The number of carbonyl (C=O) groups is 2. The van der Waals surface area contributed by atoms with Crippen molar-refractivity contribution in [2.75, 3.05) is 31.1 Å². The first kappa shape index (κ1) is 19.4. The molecule has 0 radical (unpaired) electrons. The number of rotatable bonds is 4. The Morgan fingerprint density at radius 3 is 2.07 bits per heavy atom. The van der Waals surface area contributed by atoms with E-state index in [4.69, 9.17) is 0 Å². The van der Waals surface area contributed by atoms with E-state index in [1.54, 1.807) is 23.1 Å². The SMILES string of the molecule is O=C([C@@H]1CCC(=O)N1S(=O)(=O)c1ccccc1)N1CCN(c2ccccc2)CC1. The fourth-order valence-electron chi connectivity index (χ4n) is 3.93. The van der Waals surface area contributed by atoms with Crippen LogP contribution in [0.4, 0.5) is 5.69 Å². The standard InChI is InChI=1S/C21H23N3O4S/c25-20-12-11-19(24(20)29(27,28)18-9-5-2-6-10-18)21(26)23-15-13-22(14-16-23)17-7-3-1-4-8-17/h1-10,19H,11-16H2/t19-/m0/s1. The molecule has 0 aliphatic carbocycles. The molecule has 2 aromatic carbocycles. The number of hydrogen-bond acceptors (Lipinski definition) is 5. The lowest BCUT2D eigenvalue weighted by Crippen LogP contribution is -2.55. The van der Waals surface area contributed by atoms with Gasteiger partial charge in [0.05, 0.1) is 4.90 Å². The summed E-state index contributed by atoms with van der Waals surface area (Å²) in [6, 6.07) is 16.8. The van der Waals surface area contributed by atoms with E-state index in [0.29, 0.717) is 26.2 Å². The molecule has 29 heavy (non-hydrogen) atoms. The van der Waals surface area contributed by atoms with Gasteiger partial charge in [0.25, 0.3) is 10.0 Å². The molecule has 7 nitrogen and oxygen atoms in total. The van der Waals surface area contributed by atoms with Gasteiger partial charge in [-0.25, -0.2) is 12.7 Å². The number of nitrogens with zero attached hydrogens (tertiary/aromatic N) is 3. The van der Waals surface area contributed by atoms with E-state index in [2.05, 4.69) is 4.90 Å². The molecule has 0 spiro atoms.